The first kappa shape index (κ1) is 19.7. The molecule has 2 heterocycles. The molecule has 0 aliphatic carbocycles. The second-order valence-corrected chi connectivity index (χ2v) is 7.27. The summed E-state index contributed by atoms with van der Waals surface area (Å²) in [5.41, 5.74) is 1.51. The standard InChI is InChI=1S/C22H24N2O4/c1-4-10-22(21(27)28-3)11-13-23(15-22)20(26)17-8-9-18-16(14-17)7-6-12-24(18)19(25)5-2/h1,5,8-9,14H,2,6-7,10-13,15H2,3H3. The van der Waals surface area contributed by atoms with Gasteiger partial charge in [-0.1, -0.05) is 6.58 Å². The highest BCUT2D eigenvalue weighted by Crippen LogP contribution is 2.36. The molecular weight excluding hydrogens is 356 g/mol. The number of carbonyl (C=O) groups is 3. The molecule has 1 aromatic rings. The molecule has 0 saturated carbocycles. The van der Waals surface area contributed by atoms with Gasteiger partial charge in [0.1, 0.15) is 0 Å². The van der Waals surface area contributed by atoms with Crippen LogP contribution in [0, 0.1) is 17.8 Å². The molecule has 1 saturated heterocycles. The van der Waals surface area contributed by atoms with Gasteiger partial charge in [0, 0.05) is 37.3 Å². The summed E-state index contributed by atoms with van der Waals surface area (Å²) >= 11 is 0. The van der Waals surface area contributed by atoms with Crippen molar-refractivity contribution in [2.75, 3.05) is 31.6 Å². The summed E-state index contributed by atoms with van der Waals surface area (Å²) in [4.78, 5) is 40.7. The Morgan fingerprint density at radius 1 is 1.36 bits per heavy atom. The molecule has 2 amide bonds. The van der Waals surface area contributed by atoms with Crippen molar-refractivity contribution in [3.8, 4) is 12.3 Å². The van der Waals surface area contributed by atoms with E-state index >= 15 is 0 Å². The van der Waals surface area contributed by atoms with Crippen molar-refractivity contribution >= 4 is 23.5 Å². The summed E-state index contributed by atoms with van der Waals surface area (Å²) in [5, 5.41) is 0. The average Bonchev–Trinajstić information content (AvgIpc) is 3.16. The third kappa shape index (κ3) is 3.40. The van der Waals surface area contributed by atoms with Crippen LogP contribution in [0.25, 0.3) is 0 Å². The van der Waals surface area contributed by atoms with Gasteiger partial charge >= 0.3 is 5.97 Å². The van der Waals surface area contributed by atoms with E-state index in [4.69, 9.17) is 11.2 Å². The van der Waals surface area contributed by atoms with Gasteiger partial charge in [0.25, 0.3) is 5.91 Å². The molecule has 0 aromatic heterocycles. The van der Waals surface area contributed by atoms with Gasteiger partial charge in [0.05, 0.1) is 12.5 Å². The van der Waals surface area contributed by atoms with Crippen LogP contribution in [-0.2, 0) is 20.7 Å². The number of likely N-dealkylation sites (tertiary alicyclic amines) is 1. The highest BCUT2D eigenvalue weighted by atomic mass is 16.5. The van der Waals surface area contributed by atoms with E-state index in [-0.39, 0.29) is 30.7 Å². The summed E-state index contributed by atoms with van der Waals surface area (Å²) in [7, 11) is 1.34. The fourth-order valence-corrected chi connectivity index (χ4v) is 4.09. The Balaban J connectivity index is 1.82. The van der Waals surface area contributed by atoms with Gasteiger partial charge in [-0.05, 0) is 49.1 Å². The minimum absolute atomic E-state index is 0.141. The van der Waals surface area contributed by atoms with E-state index in [1.54, 1.807) is 15.9 Å². The van der Waals surface area contributed by atoms with Crippen molar-refractivity contribution < 1.29 is 19.1 Å². The van der Waals surface area contributed by atoms with E-state index in [1.807, 2.05) is 12.1 Å². The van der Waals surface area contributed by atoms with Crippen LogP contribution in [0.3, 0.4) is 0 Å². The maximum atomic E-state index is 13.0. The molecule has 3 rings (SSSR count). The normalized spacial score (nSPS) is 20.9. The Kier molecular flexibility index (Phi) is 5.55. The summed E-state index contributed by atoms with van der Waals surface area (Å²) in [6.07, 6.45) is 9.12. The van der Waals surface area contributed by atoms with Crippen LogP contribution in [0.4, 0.5) is 5.69 Å². The monoisotopic (exact) mass is 380 g/mol. The first-order valence-corrected chi connectivity index (χ1v) is 9.34. The second-order valence-electron chi connectivity index (χ2n) is 7.27. The molecule has 1 atom stereocenters. The fourth-order valence-electron chi connectivity index (χ4n) is 4.09. The van der Waals surface area contributed by atoms with Crippen LogP contribution in [-0.4, -0.2) is 49.4 Å². The molecule has 0 spiro atoms. The summed E-state index contributed by atoms with van der Waals surface area (Å²) in [5.74, 6) is 1.89. The third-order valence-corrected chi connectivity index (χ3v) is 5.59. The molecule has 2 aliphatic rings. The van der Waals surface area contributed by atoms with Crippen molar-refractivity contribution in [3.05, 3.63) is 42.0 Å². The fraction of sp³-hybridized carbons (Fsp3) is 0.409. The number of terminal acetylenes is 1. The molecule has 6 nitrogen and oxygen atoms in total. The van der Waals surface area contributed by atoms with Crippen molar-refractivity contribution in [1.29, 1.82) is 0 Å². The largest absolute Gasteiger partial charge is 0.469 e. The molecule has 146 valence electrons. The minimum Gasteiger partial charge on any atom is -0.469 e. The van der Waals surface area contributed by atoms with E-state index in [9.17, 15) is 14.4 Å². The Bertz CT molecular complexity index is 870. The summed E-state index contributed by atoms with van der Waals surface area (Å²) in [6.45, 7) is 4.90. The first-order valence-electron chi connectivity index (χ1n) is 9.34. The van der Waals surface area contributed by atoms with Crippen molar-refractivity contribution in [3.63, 3.8) is 0 Å². The van der Waals surface area contributed by atoms with Gasteiger partial charge in [-0.15, -0.1) is 12.3 Å². The van der Waals surface area contributed by atoms with Crippen LogP contribution in [0.15, 0.2) is 30.9 Å². The Morgan fingerprint density at radius 2 is 2.14 bits per heavy atom. The van der Waals surface area contributed by atoms with Gasteiger partial charge < -0.3 is 14.5 Å². The highest BCUT2D eigenvalue weighted by Gasteiger charge is 2.46. The van der Waals surface area contributed by atoms with Crippen LogP contribution in [0.1, 0.15) is 35.2 Å². The number of benzene rings is 1. The Labute approximate surface area is 165 Å². The molecular formula is C22H24N2O4. The topological polar surface area (TPSA) is 66.9 Å². The second kappa shape index (κ2) is 7.89. The number of rotatable bonds is 4. The Hall–Kier alpha value is -3.07. The highest BCUT2D eigenvalue weighted by molar-refractivity contribution is 6.03. The zero-order valence-electron chi connectivity index (χ0n) is 16.1. The zero-order valence-corrected chi connectivity index (χ0v) is 16.1. The lowest BCUT2D eigenvalue weighted by atomic mass is 9.84. The van der Waals surface area contributed by atoms with E-state index in [0.29, 0.717) is 25.1 Å². The number of methoxy groups -OCH3 is 1. The lowest BCUT2D eigenvalue weighted by Gasteiger charge is -2.29. The van der Waals surface area contributed by atoms with Gasteiger partial charge in [-0.2, -0.15) is 0 Å². The number of fused-ring (bicyclic) bond motifs is 1. The van der Waals surface area contributed by atoms with Crippen LogP contribution in [0.2, 0.25) is 0 Å². The third-order valence-electron chi connectivity index (χ3n) is 5.59. The predicted octanol–water partition coefficient (Wildman–Crippen LogP) is 2.18. The first-order chi connectivity index (χ1) is 13.5. The molecule has 1 unspecified atom stereocenters. The number of hydrogen-bond acceptors (Lipinski definition) is 4. The van der Waals surface area contributed by atoms with E-state index in [0.717, 1.165) is 24.1 Å². The number of nitrogens with zero attached hydrogens (tertiary/aromatic N) is 2. The molecule has 1 aromatic carbocycles. The summed E-state index contributed by atoms with van der Waals surface area (Å²) < 4.78 is 4.93. The maximum Gasteiger partial charge on any atom is 0.314 e. The molecule has 6 heteroatoms. The zero-order chi connectivity index (χ0) is 20.3. The molecule has 0 radical (unpaired) electrons. The Morgan fingerprint density at radius 3 is 2.82 bits per heavy atom. The molecule has 0 bridgehead atoms. The van der Waals surface area contributed by atoms with Crippen LogP contribution >= 0.6 is 0 Å². The van der Waals surface area contributed by atoms with Crippen LogP contribution < -0.4 is 4.90 Å². The van der Waals surface area contributed by atoms with Gasteiger partial charge in [-0.25, -0.2) is 0 Å². The maximum absolute atomic E-state index is 13.0. The lowest BCUT2D eigenvalue weighted by Crippen LogP contribution is -2.38. The van der Waals surface area contributed by atoms with Gasteiger partial charge in [0.15, 0.2) is 0 Å². The van der Waals surface area contributed by atoms with Crippen molar-refractivity contribution in [2.24, 2.45) is 5.41 Å². The predicted molar refractivity (Wildman–Crippen MR) is 106 cm³/mol. The van der Waals surface area contributed by atoms with Gasteiger partial charge in [-0.3, -0.25) is 14.4 Å². The van der Waals surface area contributed by atoms with Gasteiger partial charge in [0.2, 0.25) is 5.91 Å². The number of esters is 1. The quantitative estimate of drug-likeness (QED) is 0.456. The lowest BCUT2D eigenvalue weighted by molar-refractivity contribution is -0.151. The van der Waals surface area contributed by atoms with Crippen molar-refractivity contribution in [1.82, 2.24) is 4.90 Å². The van der Waals surface area contributed by atoms with E-state index in [2.05, 4.69) is 12.5 Å². The molecule has 2 aliphatic heterocycles. The summed E-state index contributed by atoms with van der Waals surface area (Å²) in [6, 6.07) is 5.39. The smallest absolute Gasteiger partial charge is 0.314 e. The van der Waals surface area contributed by atoms with Crippen LogP contribution in [0.5, 0.6) is 0 Å². The molecule has 28 heavy (non-hydrogen) atoms. The number of aryl methyl sites for hydroxylation is 1. The molecule has 1 fully saturated rings. The number of hydrogen-bond donors (Lipinski definition) is 0. The van der Waals surface area contributed by atoms with E-state index in [1.165, 1.54) is 13.2 Å². The number of anilines is 1. The number of amides is 2. The minimum atomic E-state index is -0.833. The molecule has 0 N–H and O–H groups in total. The number of ether oxygens (including phenoxy) is 1. The SMILES string of the molecule is C#CCC1(C(=O)OC)CCN(C(=O)c2ccc3c(c2)CCCN3C(=O)C=C)C1. The number of carbonyl (C=O) groups excluding carboxylic acids is 3. The van der Waals surface area contributed by atoms with E-state index < -0.39 is 5.41 Å². The average molecular weight is 380 g/mol. The van der Waals surface area contributed by atoms with Crippen molar-refractivity contribution in [2.45, 2.75) is 25.7 Å².